The highest BCUT2D eigenvalue weighted by atomic mass is 16.4. The van der Waals surface area contributed by atoms with E-state index in [0.717, 1.165) is 6.42 Å². The van der Waals surface area contributed by atoms with Gasteiger partial charge in [0.2, 0.25) is 5.91 Å². The van der Waals surface area contributed by atoms with Gasteiger partial charge in [0.15, 0.2) is 0 Å². The fourth-order valence-corrected chi connectivity index (χ4v) is 1.27. The number of hydrogen-bond donors (Lipinski definition) is 2. The smallest absolute Gasteiger partial charge is 0.326 e. The molecule has 0 aromatic heterocycles. The number of carboxylic acid groups (broad SMARTS) is 1. The molecule has 4 heteroatoms. The second kappa shape index (κ2) is 6.51. The zero-order chi connectivity index (χ0) is 12.9. The molecule has 0 aromatic rings. The van der Waals surface area contributed by atoms with Gasteiger partial charge in [0, 0.05) is 5.92 Å². The van der Waals surface area contributed by atoms with Gasteiger partial charge in [-0.1, -0.05) is 41.0 Å². The van der Waals surface area contributed by atoms with E-state index in [-0.39, 0.29) is 23.7 Å². The number of rotatable bonds is 6. The molecule has 2 N–H and O–H groups in total. The lowest BCUT2D eigenvalue weighted by Crippen LogP contribution is -2.47. The third-order valence-corrected chi connectivity index (χ3v) is 3.19. The van der Waals surface area contributed by atoms with Gasteiger partial charge in [0.1, 0.15) is 6.04 Å². The summed E-state index contributed by atoms with van der Waals surface area (Å²) in [5, 5.41) is 11.6. The van der Waals surface area contributed by atoms with Crippen molar-refractivity contribution in [3.8, 4) is 0 Å². The second-order valence-electron chi connectivity index (χ2n) is 4.74. The third-order valence-electron chi connectivity index (χ3n) is 3.19. The Hall–Kier alpha value is -1.06. The normalized spacial score (nSPS) is 16.6. The summed E-state index contributed by atoms with van der Waals surface area (Å²) in [5.74, 6) is -1.14. The van der Waals surface area contributed by atoms with Gasteiger partial charge in [-0.25, -0.2) is 4.79 Å². The summed E-state index contributed by atoms with van der Waals surface area (Å²) in [4.78, 5) is 22.8. The van der Waals surface area contributed by atoms with E-state index in [9.17, 15) is 9.59 Å². The van der Waals surface area contributed by atoms with E-state index in [1.807, 2.05) is 34.6 Å². The molecule has 0 saturated carbocycles. The van der Waals surface area contributed by atoms with Gasteiger partial charge >= 0.3 is 5.97 Å². The summed E-state index contributed by atoms with van der Waals surface area (Å²) in [6.07, 6.45) is 0.729. The fourth-order valence-electron chi connectivity index (χ4n) is 1.27. The Bertz CT molecular complexity index is 251. The summed E-state index contributed by atoms with van der Waals surface area (Å²) < 4.78 is 0. The molecule has 0 saturated heterocycles. The van der Waals surface area contributed by atoms with Crippen molar-refractivity contribution in [1.82, 2.24) is 5.32 Å². The zero-order valence-corrected chi connectivity index (χ0v) is 10.8. The molecule has 0 bridgehead atoms. The fraction of sp³-hybridized carbons (Fsp3) is 0.833. The van der Waals surface area contributed by atoms with Crippen LogP contribution in [0.2, 0.25) is 0 Å². The van der Waals surface area contributed by atoms with Crippen molar-refractivity contribution in [1.29, 1.82) is 0 Å². The second-order valence-corrected chi connectivity index (χ2v) is 4.74. The average Bonchev–Trinajstić information content (AvgIpc) is 2.22. The van der Waals surface area contributed by atoms with E-state index in [0.29, 0.717) is 0 Å². The number of amides is 1. The topological polar surface area (TPSA) is 66.4 Å². The number of nitrogens with one attached hydrogen (secondary N) is 1. The quantitative estimate of drug-likeness (QED) is 0.731. The van der Waals surface area contributed by atoms with Crippen molar-refractivity contribution in [2.75, 3.05) is 0 Å². The minimum atomic E-state index is -0.960. The Morgan fingerprint density at radius 3 is 2.00 bits per heavy atom. The van der Waals surface area contributed by atoms with E-state index >= 15 is 0 Å². The van der Waals surface area contributed by atoms with Crippen molar-refractivity contribution in [2.24, 2.45) is 17.8 Å². The van der Waals surface area contributed by atoms with Crippen LogP contribution in [0.4, 0.5) is 0 Å². The van der Waals surface area contributed by atoms with Gasteiger partial charge in [-0.05, 0) is 11.8 Å². The van der Waals surface area contributed by atoms with Gasteiger partial charge in [-0.3, -0.25) is 4.79 Å². The Kier molecular flexibility index (Phi) is 6.08. The van der Waals surface area contributed by atoms with Crippen LogP contribution in [0.1, 0.15) is 41.0 Å². The summed E-state index contributed by atoms with van der Waals surface area (Å²) in [6.45, 7) is 9.46. The highest BCUT2D eigenvalue weighted by molar-refractivity contribution is 5.85. The third kappa shape index (κ3) is 4.21. The van der Waals surface area contributed by atoms with Gasteiger partial charge in [-0.2, -0.15) is 0 Å². The molecule has 0 aliphatic heterocycles. The molecule has 4 nitrogen and oxygen atoms in total. The van der Waals surface area contributed by atoms with Crippen molar-refractivity contribution < 1.29 is 14.7 Å². The molecule has 0 heterocycles. The molecule has 0 fully saturated rings. The first-order valence-corrected chi connectivity index (χ1v) is 5.84. The number of hydrogen-bond acceptors (Lipinski definition) is 2. The minimum absolute atomic E-state index is 0.0548. The molecule has 0 aliphatic rings. The predicted molar refractivity (Wildman–Crippen MR) is 63.0 cm³/mol. The van der Waals surface area contributed by atoms with Crippen LogP contribution < -0.4 is 5.32 Å². The predicted octanol–water partition coefficient (Wildman–Crippen LogP) is 1.89. The van der Waals surface area contributed by atoms with E-state index < -0.39 is 12.0 Å². The lowest BCUT2D eigenvalue weighted by Gasteiger charge is -2.23. The van der Waals surface area contributed by atoms with Crippen LogP contribution in [0.25, 0.3) is 0 Å². The Morgan fingerprint density at radius 1 is 1.19 bits per heavy atom. The first-order chi connectivity index (χ1) is 7.31. The monoisotopic (exact) mass is 229 g/mol. The van der Waals surface area contributed by atoms with Gasteiger partial charge in [-0.15, -0.1) is 0 Å². The van der Waals surface area contributed by atoms with Crippen LogP contribution in [0, 0.1) is 17.8 Å². The van der Waals surface area contributed by atoms with E-state index in [1.54, 1.807) is 0 Å². The largest absolute Gasteiger partial charge is 0.480 e. The molecule has 0 aliphatic carbocycles. The Balaban J connectivity index is 4.52. The van der Waals surface area contributed by atoms with E-state index in [4.69, 9.17) is 5.11 Å². The van der Waals surface area contributed by atoms with Crippen molar-refractivity contribution in [2.45, 2.75) is 47.1 Å². The maximum atomic E-state index is 11.7. The highest BCUT2D eigenvalue weighted by Crippen LogP contribution is 2.13. The van der Waals surface area contributed by atoms with E-state index in [2.05, 4.69) is 5.32 Å². The lowest BCUT2D eigenvalue weighted by molar-refractivity contribution is -0.144. The number of carboxylic acids is 1. The van der Waals surface area contributed by atoms with Crippen molar-refractivity contribution in [3.63, 3.8) is 0 Å². The summed E-state index contributed by atoms with van der Waals surface area (Å²) >= 11 is 0. The molecule has 94 valence electrons. The SMILES string of the molecule is CCC(C)C(NC(=O)C(C)C(C)C)C(=O)O. The number of carbonyl (C=O) groups is 2. The molecule has 16 heavy (non-hydrogen) atoms. The molecule has 1 amide bonds. The molecule has 0 aromatic carbocycles. The first kappa shape index (κ1) is 14.9. The molecule has 0 radical (unpaired) electrons. The van der Waals surface area contributed by atoms with Gasteiger partial charge in [0.25, 0.3) is 0 Å². The molecular formula is C12H23NO3. The maximum Gasteiger partial charge on any atom is 0.326 e. The molecule has 3 atom stereocenters. The lowest BCUT2D eigenvalue weighted by atomic mass is 9.94. The van der Waals surface area contributed by atoms with Crippen LogP contribution in [-0.4, -0.2) is 23.0 Å². The minimum Gasteiger partial charge on any atom is -0.480 e. The first-order valence-electron chi connectivity index (χ1n) is 5.84. The average molecular weight is 229 g/mol. The van der Waals surface area contributed by atoms with Crippen LogP contribution in [0.15, 0.2) is 0 Å². The van der Waals surface area contributed by atoms with Gasteiger partial charge in [0.05, 0.1) is 0 Å². The number of aliphatic carboxylic acids is 1. The summed E-state index contributed by atoms with van der Waals surface area (Å²) in [7, 11) is 0. The number of carbonyl (C=O) groups excluding carboxylic acids is 1. The standard InChI is InChI=1S/C12H23NO3/c1-6-8(4)10(12(15)16)13-11(14)9(5)7(2)3/h7-10H,6H2,1-5H3,(H,13,14)(H,15,16). The maximum absolute atomic E-state index is 11.7. The van der Waals surface area contributed by atoms with E-state index in [1.165, 1.54) is 0 Å². The Morgan fingerprint density at radius 2 is 1.69 bits per heavy atom. The summed E-state index contributed by atoms with van der Waals surface area (Å²) in [5.41, 5.74) is 0. The zero-order valence-electron chi connectivity index (χ0n) is 10.8. The van der Waals surface area contributed by atoms with Crippen LogP contribution in [0.3, 0.4) is 0 Å². The van der Waals surface area contributed by atoms with Crippen molar-refractivity contribution >= 4 is 11.9 Å². The molecule has 3 unspecified atom stereocenters. The van der Waals surface area contributed by atoms with Gasteiger partial charge < -0.3 is 10.4 Å². The van der Waals surface area contributed by atoms with Crippen LogP contribution in [0.5, 0.6) is 0 Å². The Labute approximate surface area is 97.4 Å². The summed E-state index contributed by atoms with van der Waals surface area (Å²) in [6, 6.07) is -0.779. The molecular weight excluding hydrogens is 206 g/mol. The molecule has 0 spiro atoms. The highest BCUT2D eigenvalue weighted by Gasteiger charge is 2.27. The van der Waals surface area contributed by atoms with Crippen molar-refractivity contribution in [3.05, 3.63) is 0 Å². The molecule has 0 rings (SSSR count). The van der Waals surface area contributed by atoms with Crippen LogP contribution >= 0.6 is 0 Å². The van der Waals surface area contributed by atoms with Crippen LogP contribution in [-0.2, 0) is 9.59 Å².